The zero-order chi connectivity index (χ0) is 14.3. The molecule has 1 aliphatic heterocycles. The molecular weight excluding hydrogens is 254 g/mol. The summed E-state index contributed by atoms with van der Waals surface area (Å²) in [5.74, 6) is -0.341. The number of anilines is 1. The number of carboxylic acids is 1. The third-order valence-corrected chi connectivity index (χ3v) is 3.95. The molecule has 5 heteroatoms. The van der Waals surface area contributed by atoms with Crippen LogP contribution in [0, 0.1) is 13.8 Å². The van der Waals surface area contributed by atoms with E-state index in [2.05, 4.69) is 42.5 Å². The van der Waals surface area contributed by atoms with E-state index in [-0.39, 0.29) is 11.6 Å². The van der Waals surface area contributed by atoms with Crippen molar-refractivity contribution in [1.82, 2.24) is 9.78 Å². The molecule has 0 fully saturated rings. The van der Waals surface area contributed by atoms with Crippen molar-refractivity contribution in [3.8, 4) is 0 Å². The molecule has 0 saturated heterocycles. The van der Waals surface area contributed by atoms with Crippen molar-refractivity contribution in [1.29, 1.82) is 0 Å². The molecule has 0 radical (unpaired) electrons. The highest BCUT2D eigenvalue weighted by Crippen LogP contribution is 2.32. The number of benzene rings is 1. The number of aromatic carboxylic acids is 1. The second-order valence-corrected chi connectivity index (χ2v) is 5.23. The van der Waals surface area contributed by atoms with E-state index >= 15 is 0 Å². The highest BCUT2D eigenvalue weighted by molar-refractivity contribution is 5.93. The van der Waals surface area contributed by atoms with Gasteiger partial charge in [-0.3, -0.25) is 0 Å². The molecule has 1 atom stereocenters. The van der Waals surface area contributed by atoms with E-state index in [1.54, 1.807) is 4.68 Å². The average molecular weight is 271 g/mol. The van der Waals surface area contributed by atoms with Crippen LogP contribution in [0.3, 0.4) is 0 Å². The first-order chi connectivity index (χ1) is 9.58. The smallest absolute Gasteiger partial charge is 0.341 e. The molecule has 1 aliphatic rings. The van der Waals surface area contributed by atoms with Gasteiger partial charge in [0.2, 0.25) is 0 Å². The zero-order valence-electron chi connectivity index (χ0n) is 11.6. The normalized spacial score (nSPS) is 17.4. The Hall–Kier alpha value is -2.30. The van der Waals surface area contributed by atoms with Gasteiger partial charge in [0.25, 0.3) is 0 Å². The van der Waals surface area contributed by atoms with Crippen molar-refractivity contribution in [3.05, 3.63) is 46.6 Å². The van der Waals surface area contributed by atoms with Crippen LogP contribution in [0.1, 0.15) is 39.5 Å². The number of rotatable bonds is 2. The molecule has 0 spiro atoms. The van der Waals surface area contributed by atoms with Crippen molar-refractivity contribution >= 4 is 11.8 Å². The van der Waals surface area contributed by atoms with E-state index in [1.807, 2.05) is 0 Å². The predicted octanol–water partition coefficient (Wildman–Crippen LogP) is 2.60. The summed E-state index contributed by atoms with van der Waals surface area (Å²) in [4.78, 5) is 11.2. The van der Waals surface area contributed by atoms with E-state index in [4.69, 9.17) is 0 Å². The van der Waals surface area contributed by atoms with Crippen LogP contribution in [0.2, 0.25) is 0 Å². The minimum Gasteiger partial charge on any atom is -0.477 e. The lowest BCUT2D eigenvalue weighted by Gasteiger charge is -2.26. The Kier molecular flexibility index (Phi) is 2.97. The molecule has 1 aromatic carbocycles. The van der Waals surface area contributed by atoms with Crippen LogP contribution in [-0.4, -0.2) is 27.4 Å². The van der Waals surface area contributed by atoms with Crippen LogP contribution in [0.4, 0.5) is 5.82 Å². The van der Waals surface area contributed by atoms with Crippen molar-refractivity contribution in [2.24, 2.45) is 0 Å². The molecule has 3 rings (SSSR count). The van der Waals surface area contributed by atoms with Gasteiger partial charge in [-0.1, -0.05) is 18.2 Å². The minimum atomic E-state index is -0.945. The standard InChI is InChI=1S/C15H17N3O2/c1-9-3-4-11(7-10(9)2)13-5-6-16-14-12(15(19)20)8-17-18(13)14/h3-4,7-8,13,16H,5-6H2,1-2H3,(H,19,20). The van der Waals surface area contributed by atoms with E-state index in [9.17, 15) is 9.90 Å². The molecule has 0 bridgehead atoms. The van der Waals surface area contributed by atoms with Gasteiger partial charge in [0.05, 0.1) is 12.2 Å². The fraction of sp³-hybridized carbons (Fsp3) is 0.333. The summed E-state index contributed by atoms with van der Waals surface area (Å²) in [6.45, 7) is 4.93. The van der Waals surface area contributed by atoms with Crippen LogP contribution in [0.15, 0.2) is 24.4 Å². The maximum absolute atomic E-state index is 11.2. The number of carbonyl (C=O) groups is 1. The number of aryl methyl sites for hydroxylation is 2. The highest BCUT2D eigenvalue weighted by atomic mass is 16.4. The van der Waals surface area contributed by atoms with Gasteiger partial charge in [-0.25, -0.2) is 9.48 Å². The summed E-state index contributed by atoms with van der Waals surface area (Å²) in [6, 6.07) is 6.47. The van der Waals surface area contributed by atoms with Crippen LogP contribution < -0.4 is 5.32 Å². The predicted molar refractivity (Wildman–Crippen MR) is 76.3 cm³/mol. The van der Waals surface area contributed by atoms with Crippen LogP contribution >= 0.6 is 0 Å². The van der Waals surface area contributed by atoms with Crippen LogP contribution in [0.25, 0.3) is 0 Å². The lowest BCUT2D eigenvalue weighted by Crippen LogP contribution is -2.25. The topological polar surface area (TPSA) is 67.2 Å². The first kappa shape index (κ1) is 12.7. The summed E-state index contributed by atoms with van der Waals surface area (Å²) >= 11 is 0. The second kappa shape index (κ2) is 4.67. The number of hydrogen-bond acceptors (Lipinski definition) is 3. The summed E-state index contributed by atoms with van der Waals surface area (Å²) in [5.41, 5.74) is 3.91. The van der Waals surface area contributed by atoms with Crippen molar-refractivity contribution in [2.75, 3.05) is 11.9 Å². The average Bonchev–Trinajstić information content (AvgIpc) is 2.86. The SMILES string of the molecule is Cc1ccc(C2CCNc3c(C(=O)O)cnn32)cc1C. The van der Waals surface area contributed by atoms with Gasteiger partial charge in [-0.2, -0.15) is 5.10 Å². The maximum atomic E-state index is 11.2. The Balaban J connectivity index is 2.05. The van der Waals surface area contributed by atoms with Crippen molar-refractivity contribution in [3.63, 3.8) is 0 Å². The lowest BCUT2D eigenvalue weighted by atomic mass is 9.98. The van der Waals surface area contributed by atoms with E-state index in [1.165, 1.54) is 22.9 Å². The molecule has 0 saturated carbocycles. The van der Waals surface area contributed by atoms with Gasteiger partial charge in [0, 0.05) is 6.54 Å². The van der Waals surface area contributed by atoms with Gasteiger partial charge < -0.3 is 10.4 Å². The van der Waals surface area contributed by atoms with Crippen LogP contribution in [0.5, 0.6) is 0 Å². The molecule has 2 heterocycles. The third kappa shape index (κ3) is 1.95. The molecule has 1 unspecified atom stereocenters. The molecule has 104 valence electrons. The first-order valence-corrected chi connectivity index (χ1v) is 6.69. The van der Waals surface area contributed by atoms with E-state index in [0.29, 0.717) is 5.82 Å². The van der Waals surface area contributed by atoms with E-state index in [0.717, 1.165) is 13.0 Å². The summed E-state index contributed by atoms with van der Waals surface area (Å²) < 4.78 is 1.79. The molecule has 2 aromatic rings. The monoisotopic (exact) mass is 271 g/mol. The number of fused-ring (bicyclic) bond motifs is 1. The van der Waals surface area contributed by atoms with Gasteiger partial charge >= 0.3 is 5.97 Å². The lowest BCUT2D eigenvalue weighted by molar-refractivity contribution is 0.0697. The molecule has 1 aromatic heterocycles. The summed E-state index contributed by atoms with van der Waals surface area (Å²) in [7, 11) is 0. The molecule has 5 nitrogen and oxygen atoms in total. The largest absolute Gasteiger partial charge is 0.477 e. The number of hydrogen-bond donors (Lipinski definition) is 2. The van der Waals surface area contributed by atoms with Gasteiger partial charge in [0.1, 0.15) is 11.4 Å². The quantitative estimate of drug-likeness (QED) is 0.881. The zero-order valence-corrected chi connectivity index (χ0v) is 11.6. The Labute approximate surface area is 117 Å². The number of nitrogens with one attached hydrogen (secondary N) is 1. The Bertz CT molecular complexity index is 676. The Morgan fingerprint density at radius 1 is 1.40 bits per heavy atom. The van der Waals surface area contributed by atoms with Gasteiger partial charge in [0.15, 0.2) is 0 Å². The van der Waals surface area contributed by atoms with Gasteiger partial charge in [-0.05, 0) is 37.0 Å². The van der Waals surface area contributed by atoms with Crippen molar-refractivity contribution in [2.45, 2.75) is 26.3 Å². The Morgan fingerprint density at radius 3 is 2.90 bits per heavy atom. The maximum Gasteiger partial charge on any atom is 0.341 e. The fourth-order valence-electron chi connectivity index (χ4n) is 2.66. The molecule has 20 heavy (non-hydrogen) atoms. The fourth-order valence-corrected chi connectivity index (χ4v) is 2.66. The highest BCUT2D eigenvalue weighted by Gasteiger charge is 2.26. The van der Waals surface area contributed by atoms with Gasteiger partial charge in [-0.15, -0.1) is 0 Å². The second-order valence-electron chi connectivity index (χ2n) is 5.23. The van der Waals surface area contributed by atoms with Crippen LogP contribution in [-0.2, 0) is 0 Å². The Morgan fingerprint density at radius 2 is 2.20 bits per heavy atom. The summed E-state index contributed by atoms with van der Waals surface area (Å²) in [5, 5.41) is 16.6. The third-order valence-electron chi connectivity index (χ3n) is 3.95. The summed E-state index contributed by atoms with van der Waals surface area (Å²) in [6.07, 6.45) is 2.32. The first-order valence-electron chi connectivity index (χ1n) is 6.69. The molecule has 0 aliphatic carbocycles. The van der Waals surface area contributed by atoms with Crippen molar-refractivity contribution < 1.29 is 9.90 Å². The molecule has 0 amide bonds. The number of carboxylic acid groups (broad SMARTS) is 1. The number of aromatic nitrogens is 2. The van der Waals surface area contributed by atoms with E-state index < -0.39 is 5.97 Å². The number of nitrogens with zero attached hydrogens (tertiary/aromatic N) is 2. The molecular formula is C15H17N3O2. The minimum absolute atomic E-state index is 0.0960. The molecule has 2 N–H and O–H groups in total.